The van der Waals surface area contributed by atoms with E-state index in [4.69, 9.17) is 4.74 Å². The number of Topliss-reactive ketones (excluding diaryl/α,β-unsaturated/α-hetero) is 1. The summed E-state index contributed by atoms with van der Waals surface area (Å²) >= 11 is 0. The number of carbonyl (C=O) groups excluding carboxylic acids is 2. The van der Waals surface area contributed by atoms with Gasteiger partial charge in [-0.25, -0.2) is 0 Å². The third-order valence-electron chi connectivity index (χ3n) is 3.91. The molecule has 4 heteroatoms. The van der Waals surface area contributed by atoms with Crippen molar-refractivity contribution in [1.82, 2.24) is 0 Å². The Morgan fingerprint density at radius 3 is 2.57 bits per heavy atom. The van der Waals surface area contributed by atoms with Crippen LogP contribution in [-0.2, 0) is 4.79 Å². The minimum atomic E-state index is -0.443. The second-order valence-corrected chi connectivity index (χ2v) is 5.83. The van der Waals surface area contributed by atoms with E-state index in [1.165, 1.54) is 0 Å². The van der Waals surface area contributed by atoms with Gasteiger partial charge < -0.3 is 9.64 Å². The van der Waals surface area contributed by atoms with E-state index in [0.717, 1.165) is 16.9 Å². The van der Waals surface area contributed by atoms with Gasteiger partial charge in [-0.3, -0.25) is 9.59 Å². The van der Waals surface area contributed by atoms with E-state index in [1.54, 1.807) is 11.0 Å². The maximum atomic E-state index is 12.1. The van der Waals surface area contributed by atoms with Crippen molar-refractivity contribution in [3.05, 3.63) is 59.2 Å². The molecule has 4 nitrogen and oxygen atoms in total. The number of carbonyl (C=O) groups is 2. The number of fused-ring (bicyclic) bond motifs is 1. The van der Waals surface area contributed by atoms with Crippen LogP contribution in [0.5, 0.6) is 5.75 Å². The number of hydrogen-bond acceptors (Lipinski definition) is 3. The van der Waals surface area contributed by atoms with E-state index in [0.29, 0.717) is 30.8 Å². The van der Waals surface area contributed by atoms with Crippen LogP contribution in [-0.4, -0.2) is 24.8 Å². The van der Waals surface area contributed by atoms with Crippen LogP contribution < -0.4 is 9.64 Å². The molecule has 0 bridgehead atoms. The lowest BCUT2D eigenvalue weighted by molar-refractivity contribution is -0.114. The molecule has 3 rings (SSSR count). The molecule has 0 saturated carbocycles. The first-order valence-electron chi connectivity index (χ1n) is 7.72. The number of hydrogen-bond donors (Lipinski definition) is 0. The molecule has 2 aromatic carbocycles. The fourth-order valence-corrected chi connectivity index (χ4v) is 2.75. The summed E-state index contributed by atoms with van der Waals surface area (Å²) in [6.45, 7) is 4.91. The van der Waals surface area contributed by atoms with Gasteiger partial charge in [0.25, 0.3) is 11.7 Å². The first kappa shape index (κ1) is 15.3. The fraction of sp³-hybridized carbons (Fsp3) is 0.263. The number of anilines is 1. The monoisotopic (exact) mass is 309 g/mol. The Kier molecular flexibility index (Phi) is 4.15. The Balaban J connectivity index is 1.61. The SMILES string of the molecule is Cc1cccc(OCCCN2C(=O)C(=O)c3cc(C)ccc32)c1. The van der Waals surface area contributed by atoms with E-state index in [9.17, 15) is 9.59 Å². The van der Waals surface area contributed by atoms with Gasteiger partial charge in [0.1, 0.15) is 5.75 Å². The van der Waals surface area contributed by atoms with Crippen LogP contribution in [0.3, 0.4) is 0 Å². The highest BCUT2D eigenvalue weighted by atomic mass is 16.5. The van der Waals surface area contributed by atoms with E-state index in [-0.39, 0.29) is 0 Å². The molecule has 0 fully saturated rings. The van der Waals surface area contributed by atoms with Crippen molar-refractivity contribution in [2.75, 3.05) is 18.1 Å². The molecule has 0 radical (unpaired) electrons. The molecule has 0 aliphatic carbocycles. The zero-order valence-electron chi connectivity index (χ0n) is 13.3. The van der Waals surface area contributed by atoms with Gasteiger partial charge in [0, 0.05) is 6.54 Å². The summed E-state index contributed by atoms with van der Waals surface area (Å²) in [6.07, 6.45) is 0.667. The number of nitrogens with zero attached hydrogens (tertiary/aromatic N) is 1. The summed E-state index contributed by atoms with van der Waals surface area (Å²) in [5.41, 5.74) is 3.34. The lowest BCUT2D eigenvalue weighted by atomic mass is 10.1. The smallest absolute Gasteiger partial charge is 0.299 e. The molecule has 118 valence electrons. The molecule has 1 aliphatic heterocycles. The third kappa shape index (κ3) is 3.11. The predicted molar refractivity (Wildman–Crippen MR) is 89.2 cm³/mol. The van der Waals surface area contributed by atoms with E-state index in [1.807, 2.05) is 50.2 Å². The number of aryl methyl sites for hydroxylation is 2. The largest absolute Gasteiger partial charge is 0.494 e. The van der Waals surface area contributed by atoms with E-state index in [2.05, 4.69) is 0 Å². The molecule has 23 heavy (non-hydrogen) atoms. The molecule has 0 aromatic heterocycles. The maximum Gasteiger partial charge on any atom is 0.299 e. The van der Waals surface area contributed by atoms with Gasteiger partial charge in [-0.05, 0) is 50.1 Å². The summed E-state index contributed by atoms with van der Waals surface area (Å²) < 4.78 is 5.69. The van der Waals surface area contributed by atoms with Crippen LogP contribution in [0.4, 0.5) is 5.69 Å². The Hall–Kier alpha value is -2.62. The van der Waals surface area contributed by atoms with Gasteiger partial charge in [-0.1, -0.05) is 23.8 Å². The van der Waals surface area contributed by atoms with Crippen molar-refractivity contribution in [3.63, 3.8) is 0 Å². The molecule has 0 atom stereocenters. The normalized spacial score (nSPS) is 13.4. The van der Waals surface area contributed by atoms with Crippen molar-refractivity contribution < 1.29 is 14.3 Å². The predicted octanol–water partition coefficient (Wildman–Crippen LogP) is 3.30. The van der Waals surface area contributed by atoms with Gasteiger partial charge in [0.2, 0.25) is 0 Å². The average molecular weight is 309 g/mol. The number of rotatable bonds is 5. The van der Waals surface area contributed by atoms with Gasteiger partial charge in [0.05, 0.1) is 17.9 Å². The number of amides is 1. The molecule has 0 N–H and O–H groups in total. The second-order valence-electron chi connectivity index (χ2n) is 5.83. The average Bonchev–Trinajstić information content (AvgIpc) is 2.76. The minimum Gasteiger partial charge on any atom is -0.494 e. The molecule has 1 heterocycles. The molecule has 1 amide bonds. The lowest BCUT2D eigenvalue weighted by Crippen LogP contribution is -2.31. The first-order chi connectivity index (χ1) is 11.1. The molecular formula is C19H19NO3. The summed E-state index contributed by atoms with van der Waals surface area (Å²) in [6, 6.07) is 13.4. The van der Waals surface area contributed by atoms with Crippen molar-refractivity contribution in [1.29, 1.82) is 0 Å². The minimum absolute atomic E-state index is 0.414. The topological polar surface area (TPSA) is 46.6 Å². The highest BCUT2D eigenvalue weighted by Gasteiger charge is 2.35. The van der Waals surface area contributed by atoms with Crippen molar-refractivity contribution in [2.24, 2.45) is 0 Å². The number of ketones is 1. The zero-order valence-corrected chi connectivity index (χ0v) is 13.3. The summed E-state index contributed by atoms with van der Waals surface area (Å²) in [5.74, 6) is -0.0330. The van der Waals surface area contributed by atoms with E-state index >= 15 is 0 Å². The van der Waals surface area contributed by atoms with Crippen LogP contribution in [0.25, 0.3) is 0 Å². The Bertz CT molecular complexity index is 767. The van der Waals surface area contributed by atoms with E-state index < -0.39 is 11.7 Å². The van der Waals surface area contributed by atoms with Crippen molar-refractivity contribution >= 4 is 17.4 Å². The quantitative estimate of drug-likeness (QED) is 0.629. The first-order valence-corrected chi connectivity index (χ1v) is 7.72. The highest BCUT2D eigenvalue weighted by Crippen LogP contribution is 2.29. The van der Waals surface area contributed by atoms with Crippen LogP contribution in [0.1, 0.15) is 27.9 Å². The van der Waals surface area contributed by atoms with Crippen LogP contribution in [0.15, 0.2) is 42.5 Å². The Morgan fingerprint density at radius 1 is 1.00 bits per heavy atom. The summed E-state index contributed by atoms with van der Waals surface area (Å²) in [7, 11) is 0. The Morgan fingerprint density at radius 2 is 1.78 bits per heavy atom. The number of ether oxygens (including phenoxy) is 1. The van der Waals surface area contributed by atoms with Crippen LogP contribution >= 0.6 is 0 Å². The summed E-state index contributed by atoms with van der Waals surface area (Å²) in [5, 5.41) is 0. The van der Waals surface area contributed by atoms with Gasteiger partial charge >= 0.3 is 0 Å². The third-order valence-corrected chi connectivity index (χ3v) is 3.91. The fourth-order valence-electron chi connectivity index (χ4n) is 2.75. The van der Waals surface area contributed by atoms with Gasteiger partial charge in [-0.2, -0.15) is 0 Å². The molecule has 0 saturated heterocycles. The number of benzene rings is 2. The second kappa shape index (κ2) is 6.24. The van der Waals surface area contributed by atoms with Gasteiger partial charge in [0.15, 0.2) is 0 Å². The standard InChI is InChI=1S/C19H19NO3/c1-13-5-3-6-15(11-13)23-10-4-9-20-17-8-7-14(2)12-16(17)18(21)19(20)22/h3,5-8,11-12H,4,9-10H2,1-2H3. The van der Waals surface area contributed by atoms with Gasteiger partial charge in [-0.15, -0.1) is 0 Å². The van der Waals surface area contributed by atoms with Crippen LogP contribution in [0, 0.1) is 13.8 Å². The lowest BCUT2D eigenvalue weighted by Gasteiger charge is -2.16. The van der Waals surface area contributed by atoms with Crippen LogP contribution in [0.2, 0.25) is 0 Å². The molecular weight excluding hydrogens is 290 g/mol. The molecule has 2 aromatic rings. The van der Waals surface area contributed by atoms with Crippen molar-refractivity contribution in [3.8, 4) is 5.75 Å². The molecule has 0 spiro atoms. The Labute approximate surface area is 135 Å². The maximum absolute atomic E-state index is 12.1. The summed E-state index contributed by atoms with van der Waals surface area (Å²) in [4.78, 5) is 25.7. The highest BCUT2D eigenvalue weighted by molar-refractivity contribution is 6.52. The zero-order chi connectivity index (χ0) is 16.4. The molecule has 1 aliphatic rings. The molecule has 0 unspecified atom stereocenters. The van der Waals surface area contributed by atoms with Crippen molar-refractivity contribution in [2.45, 2.75) is 20.3 Å².